The lowest BCUT2D eigenvalue weighted by molar-refractivity contribution is -0.142. The number of aliphatic carboxylic acids is 1. The third-order valence-corrected chi connectivity index (χ3v) is 2.51. The quantitative estimate of drug-likeness (QED) is 0.809. The zero-order valence-corrected chi connectivity index (χ0v) is 9.77. The van der Waals surface area contributed by atoms with Gasteiger partial charge >= 0.3 is 5.97 Å². The van der Waals surface area contributed by atoms with Crippen molar-refractivity contribution in [1.29, 1.82) is 0 Å². The molecule has 4 heteroatoms. The topological polar surface area (TPSA) is 40.5 Å². The van der Waals surface area contributed by atoms with Crippen LogP contribution in [0.3, 0.4) is 0 Å². The van der Waals surface area contributed by atoms with Crippen molar-refractivity contribution in [2.45, 2.75) is 13.0 Å². The number of carboxylic acids is 1. The van der Waals surface area contributed by atoms with Gasteiger partial charge in [0.05, 0.1) is 6.54 Å². The molecular formula is C13H14FNO2. The number of halogens is 1. The van der Waals surface area contributed by atoms with E-state index in [1.165, 1.54) is 23.1 Å². The zero-order valence-electron chi connectivity index (χ0n) is 9.77. The molecule has 0 saturated heterocycles. The summed E-state index contributed by atoms with van der Waals surface area (Å²) in [5.41, 5.74) is 0.942. The molecule has 0 heterocycles. The standard InChI is InChI=1S/C13H14FNO2/c1-4-7-15(3)12(13(16)17)10-5-6-11(14)9(2)8-10/h1,5-6,8,12H,7H2,2-3H3,(H,16,17)/t12-/m1/s1. The van der Waals surface area contributed by atoms with Crippen molar-refractivity contribution in [3.8, 4) is 12.3 Å². The molecule has 1 atom stereocenters. The highest BCUT2D eigenvalue weighted by molar-refractivity contribution is 5.75. The van der Waals surface area contributed by atoms with E-state index in [4.69, 9.17) is 6.42 Å². The van der Waals surface area contributed by atoms with Crippen LogP contribution in [-0.2, 0) is 4.79 Å². The van der Waals surface area contributed by atoms with E-state index < -0.39 is 12.0 Å². The Kier molecular flexibility index (Phi) is 4.24. The van der Waals surface area contributed by atoms with Crippen molar-refractivity contribution in [2.24, 2.45) is 0 Å². The van der Waals surface area contributed by atoms with E-state index >= 15 is 0 Å². The fraction of sp³-hybridized carbons (Fsp3) is 0.308. The average molecular weight is 235 g/mol. The second kappa shape index (κ2) is 5.46. The molecule has 0 unspecified atom stereocenters. The summed E-state index contributed by atoms with van der Waals surface area (Å²) in [7, 11) is 1.62. The molecule has 0 aliphatic rings. The Morgan fingerprint density at radius 2 is 2.29 bits per heavy atom. The lowest BCUT2D eigenvalue weighted by atomic mass is 10.0. The molecule has 0 aliphatic carbocycles. The number of rotatable bonds is 4. The molecule has 0 aliphatic heterocycles. The van der Waals surface area contributed by atoms with Crippen LogP contribution in [-0.4, -0.2) is 29.6 Å². The highest BCUT2D eigenvalue weighted by Crippen LogP contribution is 2.21. The number of carbonyl (C=O) groups is 1. The molecule has 0 spiro atoms. The van der Waals surface area contributed by atoms with Gasteiger partial charge in [0.15, 0.2) is 0 Å². The number of carboxylic acid groups (broad SMARTS) is 1. The van der Waals surface area contributed by atoms with Crippen LogP contribution < -0.4 is 0 Å². The number of nitrogens with zero attached hydrogens (tertiary/aromatic N) is 1. The van der Waals surface area contributed by atoms with Crippen molar-refractivity contribution < 1.29 is 14.3 Å². The number of hydrogen-bond donors (Lipinski definition) is 1. The Morgan fingerprint density at radius 3 is 2.76 bits per heavy atom. The van der Waals surface area contributed by atoms with Crippen molar-refractivity contribution in [3.05, 3.63) is 35.1 Å². The zero-order chi connectivity index (χ0) is 13.0. The summed E-state index contributed by atoms with van der Waals surface area (Å²) in [6.45, 7) is 1.81. The van der Waals surface area contributed by atoms with Gasteiger partial charge in [-0.05, 0) is 31.2 Å². The molecule has 1 N–H and O–H groups in total. The van der Waals surface area contributed by atoms with Gasteiger partial charge in [-0.2, -0.15) is 0 Å². The van der Waals surface area contributed by atoms with Crippen LogP contribution in [0.25, 0.3) is 0 Å². The van der Waals surface area contributed by atoms with E-state index in [1.807, 2.05) is 0 Å². The van der Waals surface area contributed by atoms with E-state index in [-0.39, 0.29) is 12.4 Å². The molecule has 0 bridgehead atoms. The van der Waals surface area contributed by atoms with Gasteiger partial charge in [-0.25, -0.2) is 4.39 Å². The number of benzene rings is 1. The van der Waals surface area contributed by atoms with E-state index in [2.05, 4.69) is 5.92 Å². The van der Waals surface area contributed by atoms with Crippen LogP contribution in [0.4, 0.5) is 4.39 Å². The molecule has 17 heavy (non-hydrogen) atoms. The van der Waals surface area contributed by atoms with Gasteiger partial charge in [0.1, 0.15) is 11.9 Å². The second-order valence-corrected chi connectivity index (χ2v) is 3.87. The SMILES string of the molecule is C#CCN(C)[C@@H](C(=O)O)c1ccc(F)c(C)c1. The van der Waals surface area contributed by atoms with E-state index in [1.54, 1.807) is 14.0 Å². The van der Waals surface area contributed by atoms with Gasteiger partial charge in [0.2, 0.25) is 0 Å². The molecule has 0 amide bonds. The molecule has 0 fully saturated rings. The Labute approximate surface area is 99.9 Å². The lowest BCUT2D eigenvalue weighted by Gasteiger charge is -2.23. The van der Waals surface area contributed by atoms with Gasteiger partial charge in [-0.1, -0.05) is 18.1 Å². The number of hydrogen-bond acceptors (Lipinski definition) is 2. The van der Waals surface area contributed by atoms with Crippen LogP contribution in [0, 0.1) is 25.1 Å². The summed E-state index contributed by atoms with van der Waals surface area (Å²) < 4.78 is 13.1. The van der Waals surface area contributed by atoms with Crippen LogP contribution in [0.2, 0.25) is 0 Å². The summed E-state index contributed by atoms with van der Waals surface area (Å²) in [4.78, 5) is 12.7. The number of likely N-dealkylation sites (N-methyl/N-ethyl adjacent to an activating group) is 1. The molecule has 1 rings (SSSR count). The minimum Gasteiger partial charge on any atom is -0.480 e. The third kappa shape index (κ3) is 3.05. The molecular weight excluding hydrogens is 221 g/mol. The Bertz CT molecular complexity index is 465. The molecule has 1 aromatic rings. The fourth-order valence-electron chi connectivity index (χ4n) is 1.66. The minimum atomic E-state index is -1.01. The van der Waals surface area contributed by atoms with Gasteiger partial charge < -0.3 is 5.11 Å². The predicted molar refractivity (Wildman–Crippen MR) is 63.0 cm³/mol. The maximum Gasteiger partial charge on any atom is 0.325 e. The number of aryl methyl sites for hydroxylation is 1. The summed E-state index contributed by atoms with van der Waals surface area (Å²) >= 11 is 0. The molecule has 0 aromatic heterocycles. The third-order valence-electron chi connectivity index (χ3n) is 2.51. The highest BCUT2D eigenvalue weighted by atomic mass is 19.1. The van der Waals surface area contributed by atoms with Gasteiger partial charge in [0.25, 0.3) is 0 Å². The minimum absolute atomic E-state index is 0.216. The Balaban J connectivity index is 3.10. The van der Waals surface area contributed by atoms with Gasteiger partial charge in [-0.15, -0.1) is 6.42 Å². The lowest BCUT2D eigenvalue weighted by Crippen LogP contribution is -2.31. The van der Waals surface area contributed by atoms with Crippen LogP contribution in [0.15, 0.2) is 18.2 Å². The first-order valence-electron chi connectivity index (χ1n) is 5.10. The first kappa shape index (κ1) is 13.2. The van der Waals surface area contributed by atoms with E-state index in [9.17, 15) is 14.3 Å². The molecule has 0 radical (unpaired) electrons. The van der Waals surface area contributed by atoms with Crippen molar-refractivity contribution in [3.63, 3.8) is 0 Å². The highest BCUT2D eigenvalue weighted by Gasteiger charge is 2.24. The molecule has 90 valence electrons. The average Bonchev–Trinajstić information content (AvgIpc) is 2.23. The normalized spacial score (nSPS) is 12.2. The van der Waals surface area contributed by atoms with Crippen molar-refractivity contribution in [1.82, 2.24) is 4.90 Å². The smallest absolute Gasteiger partial charge is 0.325 e. The summed E-state index contributed by atoms with van der Waals surface area (Å²) in [5, 5.41) is 9.18. The maximum absolute atomic E-state index is 13.1. The van der Waals surface area contributed by atoms with Gasteiger partial charge in [-0.3, -0.25) is 9.69 Å². The van der Waals surface area contributed by atoms with Crippen molar-refractivity contribution in [2.75, 3.05) is 13.6 Å². The predicted octanol–water partition coefficient (Wildman–Crippen LogP) is 1.82. The largest absolute Gasteiger partial charge is 0.480 e. The summed E-state index contributed by atoms with van der Waals surface area (Å²) in [6, 6.07) is 3.41. The van der Waals surface area contributed by atoms with Gasteiger partial charge in [0, 0.05) is 0 Å². The van der Waals surface area contributed by atoms with Crippen LogP contribution in [0.5, 0.6) is 0 Å². The summed E-state index contributed by atoms with van der Waals surface area (Å²) in [5.74, 6) is 1.03. The molecule has 1 aromatic carbocycles. The van der Waals surface area contributed by atoms with E-state index in [0.717, 1.165) is 0 Å². The van der Waals surface area contributed by atoms with Crippen LogP contribution >= 0.6 is 0 Å². The first-order chi connectivity index (χ1) is 7.97. The maximum atomic E-state index is 13.1. The van der Waals surface area contributed by atoms with Crippen molar-refractivity contribution >= 4 is 5.97 Å². The molecule has 3 nitrogen and oxygen atoms in total. The Hall–Kier alpha value is -1.86. The number of terminal acetylenes is 1. The van der Waals surface area contributed by atoms with Crippen LogP contribution in [0.1, 0.15) is 17.2 Å². The Morgan fingerprint density at radius 1 is 1.65 bits per heavy atom. The monoisotopic (exact) mass is 235 g/mol. The second-order valence-electron chi connectivity index (χ2n) is 3.87. The first-order valence-corrected chi connectivity index (χ1v) is 5.10. The summed E-state index contributed by atoms with van der Waals surface area (Å²) in [6.07, 6.45) is 5.15. The van der Waals surface area contributed by atoms with E-state index in [0.29, 0.717) is 11.1 Å². The fourth-order valence-corrected chi connectivity index (χ4v) is 1.66. The molecule has 0 saturated carbocycles.